The van der Waals surface area contributed by atoms with Gasteiger partial charge in [0.1, 0.15) is 0 Å². The predicted molar refractivity (Wildman–Crippen MR) is 129 cm³/mol. The number of halogens is 2. The summed E-state index contributed by atoms with van der Waals surface area (Å²) in [6, 6.07) is 5.93. The average Bonchev–Trinajstić information content (AvgIpc) is 3.33. The number of likely N-dealkylation sites (tertiary alicyclic amines) is 1. The monoisotopic (exact) mass is 482 g/mol. The number of methoxy groups -OCH3 is 1. The maximum atomic E-state index is 12.3. The molecule has 1 saturated carbocycles. The van der Waals surface area contributed by atoms with Gasteiger partial charge < -0.3 is 15.0 Å². The van der Waals surface area contributed by atoms with Crippen LogP contribution in [0.2, 0.25) is 10.0 Å². The Morgan fingerprint density at radius 2 is 1.91 bits per heavy atom. The smallest absolute Gasteiger partial charge is 0.308 e. The molecule has 0 bridgehead atoms. The first-order valence-electron chi connectivity index (χ1n) is 12.0. The van der Waals surface area contributed by atoms with Gasteiger partial charge in [0.05, 0.1) is 29.5 Å². The molecule has 1 aromatic carbocycles. The molecular formula is C25H36Cl2N2O3. The molecule has 2 aliphatic rings. The third-order valence-electron chi connectivity index (χ3n) is 7.03. The number of benzene rings is 1. The lowest BCUT2D eigenvalue weighted by Gasteiger charge is -2.35. The minimum absolute atomic E-state index is 0.0901. The SMILES string of the molecule is COC(=O)C(CCNC(=O)Cc1ccc(Cl)c(Cl)c1)CC[C@@H]1CCC[C@H](N2CCCC2)C1. The van der Waals surface area contributed by atoms with Crippen molar-refractivity contribution in [1.82, 2.24) is 10.2 Å². The fraction of sp³-hybridized carbons (Fsp3) is 0.680. The highest BCUT2D eigenvalue weighted by Gasteiger charge is 2.29. The van der Waals surface area contributed by atoms with E-state index in [9.17, 15) is 9.59 Å². The van der Waals surface area contributed by atoms with Gasteiger partial charge in [-0.2, -0.15) is 0 Å². The van der Waals surface area contributed by atoms with Gasteiger partial charge in [-0.3, -0.25) is 9.59 Å². The Morgan fingerprint density at radius 3 is 2.62 bits per heavy atom. The highest BCUT2D eigenvalue weighted by atomic mass is 35.5. The minimum Gasteiger partial charge on any atom is -0.469 e. The molecule has 1 aliphatic carbocycles. The Kier molecular flexibility index (Phi) is 10.1. The lowest BCUT2D eigenvalue weighted by atomic mass is 9.80. The molecule has 32 heavy (non-hydrogen) atoms. The van der Waals surface area contributed by atoms with Gasteiger partial charge in [0.25, 0.3) is 0 Å². The number of amides is 1. The fourth-order valence-corrected chi connectivity index (χ4v) is 5.55. The van der Waals surface area contributed by atoms with Gasteiger partial charge in [0.2, 0.25) is 5.91 Å². The summed E-state index contributed by atoms with van der Waals surface area (Å²) >= 11 is 11.9. The number of esters is 1. The molecule has 1 aromatic rings. The van der Waals surface area contributed by atoms with E-state index >= 15 is 0 Å². The van der Waals surface area contributed by atoms with Crippen molar-refractivity contribution in [2.75, 3.05) is 26.7 Å². The zero-order valence-electron chi connectivity index (χ0n) is 19.1. The summed E-state index contributed by atoms with van der Waals surface area (Å²) in [5, 5.41) is 3.84. The van der Waals surface area contributed by atoms with E-state index in [-0.39, 0.29) is 24.2 Å². The van der Waals surface area contributed by atoms with Crippen LogP contribution in [0.15, 0.2) is 18.2 Å². The largest absolute Gasteiger partial charge is 0.469 e. The molecule has 178 valence electrons. The summed E-state index contributed by atoms with van der Waals surface area (Å²) in [6.07, 6.45) is 10.5. The van der Waals surface area contributed by atoms with E-state index in [2.05, 4.69) is 10.2 Å². The number of nitrogens with zero attached hydrogens (tertiary/aromatic N) is 1. The van der Waals surface area contributed by atoms with E-state index in [1.165, 1.54) is 58.7 Å². The first-order chi connectivity index (χ1) is 15.5. The summed E-state index contributed by atoms with van der Waals surface area (Å²) in [6.45, 7) is 2.97. The second kappa shape index (κ2) is 12.8. The minimum atomic E-state index is -0.171. The standard InChI is InChI=1S/C25H36Cl2N2O3/c1-32-25(31)20(9-7-18-5-4-6-21(15-18)29-13-2-3-14-29)11-12-28-24(30)17-19-8-10-22(26)23(27)16-19/h8,10,16,18,20-21H,2-7,9,11-15,17H2,1H3,(H,28,30)/t18-,20?,21-/m0/s1. The summed E-state index contributed by atoms with van der Waals surface area (Å²) in [7, 11) is 1.45. The van der Waals surface area contributed by atoms with Crippen LogP contribution in [0.4, 0.5) is 0 Å². The van der Waals surface area contributed by atoms with Crippen molar-refractivity contribution in [2.24, 2.45) is 11.8 Å². The van der Waals surface area contributed by atoms with E-state index < -0.39 is 0 Å². The summed E-state index contributed by atoms with van der Waals surface area (Å²) in [5.41, 5.74) is 0.811. The lowest BCUT2D eigenvalue weighted by Crippen LogP contribution is -2.37. The maximum Gasteiger partial charge on any atom is 0.308 e. The van der Waals surface area contributed by atoms with Crippen molar-refractivity contribution in [3.8, 4) is 0 Å². The Hall–Kier alpha value is -1.30. The molecule has 2 fully saturated rings. The number of hydrogen-bond acceptors (Lipinski definition) is 4. The van der Waals surface area contributed by atoms with Crippen molar-refractivity contribution in [3.05, 3.63) is 33.8 Å². The fourth-order valence-electron chi connectivity index (χ4n) is 5.23. The normalized spacial score (nSPS) is 22.5. The average molecular weight is 483 g/mol. The van der Waals surface area contributed by atoms with Crippen LogP contribution in [-0.2, 0) is 20.7 Å². The lowest BCUT2D eigenvalue weighted by molar-refractivity contribution is -0.146. The predicted octanol–water partition coefficient (Wildman–Crippen LogP) is 5.27. The van der Waals surface area contributed by atoms with Crippen LogP contribution in [0.25, 0.3) is 0 Å². The molecule has 0 spiro atoms. The quantitative estimate of drug-likeness (QED) is 0.461. The van der Waals surface area contributed by atoms with Crippen LogP contribution in [0.5, 0.6) is 0 Å². The molecular weight excluding hydrogens is 447 g/mol. The second-order valence-corrected chi connectivity index (χ2v) is 10.1. The zero-order valence-corrected chi connectivity index (χ0v) is 20.6. The van der Waals surface area contributed by atoms with E-state index in [1.807, 2.05) is 0 Å². The van der Waals surface area contributed by atoms with Gasteiger partial charge in [-0.05, 0) is 81.6 Å². The van der Waals surface area contributed by atoms with Crippen LogP contribution in [0.1, 0.15) is 63.4 Å². The van der Waals surface area contributed by atoms with Crippen LogP contribution < -0.4 is 5.32 Å². The molecule has 5 nitrogen and oxygen atoms in total. The molecule has 3 rings (SSSR count). The maximum absolute atomic E-state index is 12.3. The van der Waals surface area contributed by atoms with Gasteiger partial charge in [-0.1, -0.05) is 42.1 Å². The number of carbonyl (C=O) groups excluding carboxylic acids is 2. The Balaban J connectivity index is 1.42. The van der Waals surface area contributed by atoms with Crippen LogP contribution >= 0.6 is 23.2 Å². The zero-order chi connectivity index (χ0) is 22.9. The summed E-state index contributed by atoms with van der Waals surface area (Å²) in [4.78, 5) is 27.3. The molecule has 1 saturated heterocycles. The Morgan fingerprint density at radius 1 is 1.12 bits per heavy atom. The van der Waals surface area contributed by atoms with Gasteiger partial charge in [0, 0.05) is 12.6 Å². The molecule has 1 aliphatic heterocycles. The molecule has 0 radical (unpaired) electrons. The van der Waals surface area contributed by atoms with Gasteiger partial charge in [0.15, 0.2) is 0 Å². The summed E-state index contributed by atoms with van der Waals surface area (Å²) in [5.74, 6) is 0.256. The molecule has 0 aromatic heterocycles. The van der Waals surface area contributed by atoms with Gasteiger partial charge >= 0.3 is 5.97 Å². The second-order valence-electron chi connectivity index (χ2n) is 9.29. The Bertz CT molecular complexity index is 768. The molecule has 3 atom stereocenters. The van der Waals surface area contributed by atoms with Gasteiger partial charge in [-0.15, -0.1) is 0 Å². The number of ether oxygens (including phenoxy) is 1. The van der Waals surface area contributed by atoms with E-state index in [0.29, 0.717) is 28.9 Å². The van der Waals surface area contributed by atoms with E-state index in [1.54, 1.807) is 18.2 Å². The Labute approximate surface area is 202 Å². The number of carbonyl (C=O) groups is 2. The molecule has 1 unspecified atom stereocenters. The van der Waals surface area contributed by atoms with Crippen molar-refractivity contribution in [3.63, 3.8) is 0 Å². The number of nitrogens with one attached hydrogen (secondary N) is 1. The first kappa shape index (κ1) is 25.3. The summed E-state index contributed by atoms with van der Waals surface area (Å²) < 4.78 is 5.05. The number of hydrogen-bond donors (Lipinski definition) is 1. The van der Waals surface area contributed by atoms with Crippen molar-refractivity contribution >= 4 is 35.1 Å². The molecule has 1 N–H and O–H groups in total. The molecule has 1 heterocycles. The third kappa shape index (κ3) is 7.64. The van der Waals surface area contributed by atoms with Crippen molar-refractivity contribution in [1.29, 1.82) is 0 Å². The van der Waals surface area contributed by atoms with Crippen molar-refractivity contribution < 1.29 is 14.3 Å². The van der Waals surface area contributed by atoms with Crippen LogP contribution in [-0.4, -0.2) is 49.6 Å². The van der Waals surface area contributed by atoms with E-state index in [4.69, 9.17) is 27.9 Å². The van der Waals surface area contributed by atoms with Crippen LogP contribution in [0.3, 0.4) is 0 Å². The number of rotatable bonds is 10. The topological polar surface area (TPSA) is 58.6 Å². The highest BCUT2D eigenvalue weighted by Crippen LogP contribution is 2.33. The van der Waals surface area contributed by atoms with E-state index in [0.717, 1.165) is 24.4 Å². The van der Waals surface area contributed by atoms with Crippen molar-refractivity contribution in [2.45, 2.75) is 70.3 Å². The van der Waals surface area contributed by atoms with Gasteiger partial charge in [-0.25, -0.2) is 0 Å². The highest BCUT2D eigenvalue weighted by molar-refractivity contribution is 6.42. The third-order valence-corrected chi connectivity index (χ3v) is 7.77. The van der Waals surface area contributed by atoms with Crippen LogP contribution in [0, 0.1) is 11.8 Å². The first-order valence-corrected chi connectivity index (χ1v) is 12.7. The molecule has 1 amide bonds. The molecule has 7 heteroatoms.